The van der Waals surface area contributed by atoms with Crippen LogP contribution in [0.2, 0.25) is 0 Å². The van der Waals surface area contributed by atoms with E-state index in [2.05, 4.69) is 16.9 Å². The Labute approximate surface area is 121 Å². The number of fused-ring (bicyclic) bond motifs is 1. The highest BCUT2D eigenvalue weighted by molar-refractivity contribution is 7.18. The molecule has 0 atom stereocenters. The van der Waals surface area contributed by atoms with Crippen LogP contribution in [0.25, 0.3) is 10.2 Å². The number of anilines is 1. The van der Waals surface area contributed by atoms with Gasteiger partial charge >= 0.3 is 6.03 Å². The molecule has 2 N–H and O–H groups in total. The van der Waals surface area contributed by atoms with Crippen molar-refractivity contribution in [2.24, 2.45) is 0 Å². The summed E-state index contributed by atoms with van der Waals surface area (Å²) < 4.78 is 1.04. The van der Waals surface area contributed by atoms with Gasteiger partial charge in [0.05, 0.1) is 21.8 Å². The number of urea groups is 1. The van der Waals surface area contributed by atoms with Gasteiger partial charge in [-0.25, -0.2) is 9.78 Å². The van der Waals surface area contributed by atoms with Gasteiger partial charge in [-0.2, -0.15) is 0 Å². The maximum absolute atomic E-state index is 12.1. The average molecular weight is 291 g/mol. The van der Waals surface area contributed by atoms with E-state index < -0.39 is 0 Å². The lowest BCUT2D eigenvalue weighted by atomic mass is 10.3. The van der Waals surface area contributed by atoms with Crippen LogP contribution in [-0.2, 0) is 0 Å². The molecule has 6 heteroatoms. The Bertz CT molecular complexity index is 624. The lowest BCUT2D eigenvalue weighted by Crippen LogP contribution is -2.37. The summed E-state index contributed by atoms with van der Waals surface area (Å²) >= 11 is 1.59. The predicted molar refractivity (Wildman–Crippen MR) is 82.2 cm³/mol. The predicted octanol–water partition coefficient (Wildman–Crippen LogP) is 2.62. The number of nitrogens with zero attached hydrogens (tertiary/aromatic N) is 2. The van der Waals surface area contributed by atoms with Crippen molar-refractivity contribution in [3.63, 3.8) is 0 Å². The second kappa shape index (κ2) is 6.49. The van der Waals surface area contributed by atoms with Crippen LogP contribution in [0.4, 0.5) is 10.5 Å². The van der Waals surface area contributed by atoms with E-state index >= 15 is 0 Å². The molecule has 0 spiro atoms. The van der Waals surface area contributed by atoms with Crippen molar-refractivity contribution in [1.29, 1.82) is 0 Å². The number of rotatable bonds is 5. The molecule has 0 unspecified atom stereocenters. The van der Waals surface area contributed by atoms with E-state index in [0.29, 0.717) is 6.54 Å². The fourth-order valence-corrected chi connectivity index (χ4v) is 2.74. The number of carbonyl (C=O) groups excluding carboxylic acids is 1. The maximum atomic E-state index is 12.1. The molecule has 0 aliphatic heterocycles. The highest BCUT2D eigenvalue weighted by Gasteiger charge is 2.12. The number of aromatic nitrogens is 1. The second-order valence-corrected chi connectivity index (χ2v) is 5.54. The Hall–Kier alpha value is -1.92. The molecule has 1 aromatic carbocycles. The fourth-order valence-electron chi connectivity index (χ4n) is 1.87. The number of thiazole rings is 1. The number of aliphatic hydroxyl groups excluding tert-OH is 1. The minimum Gasteiger partial charge on any atom is -0.395 e. The second-order valence-electron chi connectivity index (χ2n) is 4.30. The number of hydrogen-bond donors (Lipinski definition) is 2. The quantitative estimate of drug-likeness (QED) is 0.832. The lowest BCUT2D eigenvalue weighted by Gasteiger charge is -2.20. The normalized spacial score (nSPS) is 10.5. The number of amides is 2. The summed E-state index contributed by atoms with van der Waals surface area (Å²) in [6, 6.07) is 5.37. The summed E-state index contributed by atoms with van der Waals surface area (Å²) in [6.45, 7) is 6.16. The summed E-state index contributed by atoms with van der Waals surface area (Å²) in [5.41, 5.74) is 1.65. The molecule has 0 bridgehead atoms. The molecule has 2 aromatic rings. The summed E-state index contributed by atoms with van der Waals surface area (Å²) in [7, 11) is 0. The molecule has 0 radical (unpaired) electrons. The molecule has 1 aromatic heterocycles. The van der Waals surface area contributed by atoms with Gasteiger partial charge in [0.1, 0.15) is 0 Å². The van der Waals surface area contributed by atoms with Gasteiger partial charge in [-0.3, -0.25) is 0 Å². The smallest absolute Gasteiger partial charge is 0.322 e. The zero-order valence-corrected chi connectivity index (χ0v) is 12.1. The Kier molecular flexibility index (Phi) is 4.70. The molecule has 0 fully saturated rings. The van der Waals surface area contributed by atoms with Crippen molar-refractivity contribution in [1.82, 2.24) is 9.88 Å². The summed E-state index contributed by atoms with van der Waals surface area (Å²) in [6.07, 6.45) is 1.63. The van der Waals surface area contributed by atoms with Crippen molar-refractivity contribution < 1.29 is 9.90 Å². The van der Waals surface area contributed by atoms with E-state index in [1.165, 1.54) is 4.90 Å². The first-order valence-electron chi connectivity index (χ1n) is 6.29. The molecule has 0 saturated heterocycles. The molecule has 2 amide bonds. The van der Waals surface area contributed by atoms with E-state index in [-0.39, 0.29) is 19.2 Å². The standard InChI is InChI=1S/C14H17N3O2S/c1-3-6-17(7-8-18)14(19)16-11-4-5-12-13(9-11)20-10(2)15-12/h3-5,9,18H,1,6-8H2,2H3,(H,16,19). The van der Waals surface area contributed by atoms with Crippen molar-refractivity contribution in [2.45, 2.75) is 6.92 Å². The number of hydrogen-bond acceptors (Lipinski definition) is 4. The van der Waals surface area contributed by atoms with Crippen LogP contribution in [0.15, 0.2) is 30.9 Å². The monoisotopic (exact) mass is 291 g/mol. The zero-order valence-electron chi connectivity index (χ0n) is 11.3. The van der Waals surface area contributed by atoms with Gasteiger partial charge < -0.3 is 15.3 Å². The first-order chi connectivity index (χ1) is 9.63. The number of aryl methyl sites for hydroxylation is 1. The third kappa shape index (κ3) is 3.34. The number of nitrogens with one attached hydrogen (secondary N) is 1. The number of aliphatic hydroxyl groups is 1. The molecule has 0 aliphatic rings. The van der Waals surface area contributed by atoms with Crippen LogP contribution < -0.4 is 5.32 Å². The van der Waals surface area contributed by atoms with Crippen LogP contribution in [0, 0.1) is 6.92 Å². The number of carbonyl (C=O) groups is 1. The molecule has 0 saturated carbocycles. The van der Waals surface area contributed by atoms with Gasteiger partial charge in [-0.1, -0.05) is 6.08 Å². The largest absolute Gasteiger partial charge is 0.395 e. The van der Waals surface area contributed by atoms with E-state index in [4.69, 9.17) is 5.11 Å². The molecule has 2 rings (SSSR count). The Morgan fingerprint density at radius 2 is 2.40 bits per heavy atom. The van der Waals surface area contributed by atoms with E-state index in [9.17, 15) is 4.79 Å². The average Bonchev–Trinajstić information content (AvgIpc) is 2.77. The summed E-state index contributed by atoms with van der Waals surface area (Å²) in [4.78, 5) is 17.9. The minimum absolute atomic E-state index is 0.0751. The van der Waals surface area contributed by atoms with Gasteiger partial charge in [-0.05, 0) is 25.1 Å². The van der Waals surface area contributed by atoms with Crippen LogP contribution in [0.3, 0.4) is 0 Å². The first-order valence-corrected chi connectivity index (χ1v) is 7.10. The van der Waals surface area contributed by atoms with E-state index in [1.54, 1.807) is 17.4 Å². The van der Waals surface area contributed by atoms with Crippen LogP contribution in [-0.4, -0.2) is 40.7 Å². The van der Waals surface area contributed by atoms with Crippen molar-refractivity contribution >= 4 is 33.3 Å². The van der Waals surface area contributed by atoms with Crippen molar-refractivity contribution in [3.8, 4) is 0 Å². The van der Waals surface area contributed by atoms with E-state index in [0.717, 1.165) is 20.9 Å². The van der Waals surface area contributed by atoms with Crippen LogP contribution in [0.5, 0.6) is 0 Å². The van der Waals surface area contributed by atoms with E-state index in [1.807, 2.05) is 25.1 Å². The zero-order chi connectivity index (χ0) is 14.5. The Morgan fingerprint density at radius 1 is 1.60 bits per heavy atom. The van der Waals surface area contributed by atoms with Gasteiger partial charge in [0.25, 0.3) is 0 Å². The fraction of sp³-hybridized carbons (Fsp3) is 0.286. The maximum Gasteiger partial charge on any atom is 0.322 e. The SMILES string of the molecule is C=CCN(CCO)C(=O)Nc1ccc2nc(C)sc2c1. The number of benzene rings is 1. The molecule has 106 valence electrons. The van der Waals surface area contributed by atoms with Crippen LogP contribution >= 0.6 is 11.3 Å². The molecule has 20 heavy (non-hydrogen) atoms. The Balaban J connectivity index is 2.13. The van der Waals surface area contributed by atoms with Crippen LogP contribution in [0.1, 0.15) is 5.01 Å². The molecule has 0 aliphatic carbocycles. The topological polar surface area (TPSA) is 65.5 Å². The minimum atomic E-state index is -0.250. The molecule has 1 heterocycles. The van der Waals surface area contributed by atoms with Gasteiger partial charge in [0.2, 0.25) is 0 Å². The Morgan fingerprint density at radius 3 is 3.10 bits per heavy atom. The molecule has 5 nitrogen and oxygen atoms in total. The van der Waals surface area contributed by atoms with Gasteiger partial charge in [0, 0.05) is 18.8 Å². The molecular formula is C14H17N3O2S. The van der Waals surface area contributed by atoms with Gasteiger partial charge in [0.15, 0.2) is 0 Å². The highest BCUT2D eigenvalue weighted by atomic mass is 32.1. The summed E-state index contributed by atoms with van der Waals surface area (Å²) in [5, 5.41) is 12.8. The lowest BCUT2D eigenvalue weighted by molar-refractivity contribution is 0.195. The third-order valence-corrected chi connectivity index (χ3v) is 3.69. The third-order valence-electron chi connectivity index (χ3n) is 2.75. The van der Waals surface area contributed by atoms with Crippen molar-refractivity contribution in [2.75, 3.05) is 25.0 Å². The van der Waals surface area contributed by atoms with Gasteiger partial charge in [-0.15, -0.1) is 17.9 Å². The van der Waals surface area contributed by atoms with Crippen molar-refractivity contribution in [3.05, 3.63) is 35.9 Å². The summed E-state index contributed by atoms with van der Waals surface area (Å²) in [5.74, 6) is 0. The molecular weight excluding hydrogens is 274 g/mol. The first kappa shape index (κ1) is 14.5. The highest BCUT2D eigenvalue weighted by Crippen LogP contribution is 2.24.